The standard InChI is InChI=1S/C16H28N2O2S/c1-6-15(7-2)18(11-12(3)4)21(19,20)16-10-14(17)9-8-13(16)5/h8-10,12,15H,6-7,11,17H2,1-5H3. The zero-order valence-corrected chi connectivity index (χ0v) is 14.6. The summed E-state index contributed by atoms with van der Waals surface area (Å²) in [6.45, 7) is 10.5. The first kappa shape index (κ1) is 18.0. The third kappa shape index (κ3) is 4.20. The summed E-state index contributed by atoms with van der Waals surface area (Å²) in [6.07, 6.45) is 1.62. The maximum atomic E-state index is 13.1. The summed E-state index contributed by atoms with van der Waals surface area (Å²) in [5.74, 6) is 0.279. The Balaban J connectivity index is 3.35. The molecule has 5 heteroatoms. The number of aryl methyl sites for hydroxylation is 1. The van der Waals surface area contributed by atoms with Crippen LogP contribution in [0.15, 0.2) is 23.1 Å². The normalized spacial score (nSPS) is 12.6. The Morgan fingerprint density at radius 3 is 2.24 bits per heavy atom. The van der Waals surface area contributed by atoms with Gasteiger partial charge in [0.15, 0.2) is 0 Å². The summed E-state index contributed by atoms with van der Waals surface area (Å²) in [4.78, 5) is 0.329. The van der Waals surface area contributed by atoms with E-state index in [1.165, 1.54) is 0 Å². The molecule has 0 aliphatic rings. The van der Waals surface area contributed by atoms with Crippen molar-refractivity contribution in [3.63, 3.8) is 0 Å². The van der Waals surface area contributed by atoms with E-state index < -0.39 is 10.0 Å². The number of nitrogens with two attached hydrogens (primary N) is 1. The molecule has 21 heavy (non-hydrogen) atoms. The predicted octanol–water partition coefficient (Wildman–Crippen LogP) is 3.41. The largest absolute Gasteiger partial charge is 0.399 e. The lowest BCUT2D eigenvalue weighted by atomic mass is 10.1. The first-order valence-corrected chi connectivity index (χ1v) is 9.05. The average Bonchev–Trinajstić information content (AvgIpc) is 2.41. The molecule has 0 fully saturated rings. The molecule has 0 unspecified atom stereocenters. The lowest BCUT2D eigenvalue weighted by Crippen LogP contribution is -2.42. The molecule has 0 atom stereocenters. The monoisotopic (exact) mass is 312 g/mol. The number of rotatable bonds is 7. The molecule has 1 rings (SSSR count). The van der Waals surface area contributed by atoms with E-state index in [1.807, 2.05) is 34.6 Å². The van der Waals surface area contributed by atoms with Crippen molar-refractivity contribution in [2.75, 3.05) is 12.3 Å². The number of nitrogen functional groups attached to an aromatic ring is 1. The number of hydrogen-bond donors (Lipinski definition) is 1. The van der Waals surface area contributed by atoms with Crippen LogP contribution in [0.25, 0.3) is 0 Å². The van der Waals surface area contributed by atoms with Crippen LogP contribution in [-0.2, 0) is 10.0 Å². The molecular formula is C16H28N2O2S. The van der Waals surface area contributed by atoms with Gasteiger partial charge in [0.25, 0.3) is 0 Å². The second-order valence-electron chi connectivity index (χ2n) is 5.96. The Morgan fingerprint density at radius 2 is 1.76 bits per heavy atom. The average molecular weight is 312 g/mol. The van der Waals surface area contributed by atoms with E-state index in [2.05, 4.69) is 0 Å². The highest BCUT2D eigenvalue weighted by Crippen LogP contribution is 2.26. The Bertz CT molecular complexity index is 564. The van der Waals surface area contributed by atoms with Gasteiger partial charge in [-0.05, 0) is 43.4 Å². The highest BCUT2D eigenvalue weighted by molar-refractivity contribution is 7.89. The number of hydrogen-bond acceptors (Lipinski definition) is 3. The van der Waals surface area contributed by atoms with Gasteiger partial charge >= 0.3 is 0 Å². The third-order valence-electron chi connectivity index (χ3n) is 3.69. The van der Waals surface area contributed by atoms with Crippen LogP contribution in [0, 0.1) is 12.8 Å². The van der Waals surface area contributed by atoms with Crippen molar-refractivity contribution in [1.82, 2.24) is 4.31 Å². The molecule has 1 aromatic carbocycles. The van der Waals surface area contributed by atoms with Crippen LogP contribution in [0.1, 0.15) is 46.1 Å². The van der Waals surface area contributed by atoms with Gasteiger partial charge in [0, 0.05) is 18.3 Å². The fourth-order valence-electron chi connectivity index (χ4n) is 2.52. The highest BCUT2D eigenvalue weighted by Gasteiger charge is 2.31. The van der Waals surface area contributed by atoms with Crippen LogP contribution in [0.2, 0.25) is 0 Å². The molecule has 0 radical (unpaired) electrons. The number of nitrogens with zero attached hydrogens (tertiary/aromatic N) is 1. The number of benzene rings is 1. The Labute approximate surface area is 129 Å². The Morgan fingerprint density at radius 1 is 1.19 bits per heavy atom. The van der Waals surface area contributed by atoms with Gasteiger partial charge in [0.1, 0.15) is 0 Å². The molecule has 0 saturated heterocycles. The third-order valence-corrected chi connectivity index (χ3v) is 5.75. The highest BCUT2D eigenvalue weighted by atomic mass is 32.2. The molecule has 0 amide bonds. The minimum atomic E-state index is -3.52. The zero-order valence-electron chi connectivity index (χ0n) is 13.8. The SMILES string of the molecule is CCC(CC)N(CC(C)C)S(=O)(=O)c1cc(N)ccc1C. The topological polar surface area (TPSA) is 63.4 Å². The van der Waals surface area contributed by atoms with Crippen LogP contribution in [0.4, 0.5) is 5.69 Å². The van der Waals surface area contributed by atoms with Gasteiger partial charge in [-0.3, -0.25) is 0 Å². The molecule has 0 aliphatic heterocycles. The maximum Gasteiger partial charge on any atom is 0.243 e. The predicted molar refractivity (Wildman–Crippen MR) is 88.7 cm³/mol. The van der Waals surface area contributed by atoms with Crippen LogP contribution < -0.4 is 5.73 Å². The first-order valence-electron chi connectivity index (χ1n) is 7.61. The van der Waals surface area contributed by atoms with Gasteiger partial charge in [-0.1, -0.05) is 33.8 Å². The van der Waals surface area contributed by atoms with Gasteiger partial charge in [-0.25, -0.2) is 8.42 Å². The van der Waals surface area contributed by atoms with E-state index >= 15 is 0 Å². The lowest BCUT2D eigenvalue weighted by molar-refractivity contribution is 0.277. The fourth-order valence-corrected chi connectivity index (χ4v) is 4.72. The van der Waals surface area contributed by atoms with Gasteiger partial charge < -0.3 is 5.73 Å². The van der Waals surface area contributed by atoms with E-state index in [0.29, 0.717) is 17.1 Å². The van der Waals surface area contributed by atoms with Gasteiger partial charge in [0.05, 0.1) is 4.90 Å². The van der Waals surface area contributed by atoms with Crippen LogP contribution in [-0.4, -0.2) is 25.3 Å². The second kappa shape index (κ2) is 7.27. The zero-order chi connectivity index (χ0) is 16.2. The summed E-state index contributed by atoms with van der Waals surface area (Å²) in [6, 6.07) is 5.10. The van der Waals surface area contributed by atoms with Gasteiger partial charge in [-0.15, -0.1) is 0 Å². The van der Waals surface area contributed by atoms with Crippen molar-refractivity contribution in [2.45, 2.75) is 58.4 Å². The molecule has 0 heterocycles. The Kier molecular flexibility index (Phi) is 6.23. The van der Waals surface area contributed by atoms with Gasteiger partial charge in [0.2, 0.25) is 10.0 Å². The van der Waals surface area contributed by atoms with Crippen molar-refractivity contribution in [2.24, 2.45) is 5.92 Å². The quantitative estimate of drug-likeness (QED) is 0.785. The van der Waals surface area contributed by atoms with E-state index in [1.54, 1.807) is 22.5 Å². The molecule has 1 aromatic rings. The van der Waals surface area contributed by atoms with Crippen LogP contribution in [0.5, 0.6) is 0 Å². The molecule has 120 valence electrons. The summed E-state index contributed by atoms with van der Waals surface area (Å²) in [7, 11) is -3.52. The molecule has 0 spiro atoms. The molecule has 0 aromatic heterocycles. The Hall–Kier alpha value is -1.07. The molecule has 2 N–H and O–H groups in total. The van der Waals surface area contributed by atoms with Gasteiger partial charge in [-0.2, -0.15) is 4.31 Å². The fraction of sp³-hybridized carbons (Fsp3) is 0.625. The van der Waals surface area contributed by atoms with E-state index in [-0.39, 0.29) is 12.0 Å². The molecule has 0 bridgehead atoms. The summed E-state index contributed by atoms with van der Waals surface area (Å²) in [5, 5.41) is 0. The second-order valence-corrected chi connectivity index (χ2v) is 7.82. The summed E-state index contributed by atoms with van der Waals surface area (Å²) < 4.78 is 27.8. The lowest BCUT2D eigenvalue weighted by Gasteiger charge is -2.31. The summed E-state index contributed by atoms with van der Waals surface area (Å²) in [5.41, 5.74) is 7.00. The number of sulfonamides is 1. The first-order chi connectivity index (χ1) is 9.73. The van der Waals surface area contributed by atoms with E-state index in [0.717, 1.165) is 18.4 Å². The van der Waals surface area contributed by atoms with Crippen molar-refractivity contribution < 1.29 is 8.42 Å². The van der Waals surface area contributed by atoms with Crippen molar-refractivity contribution >= 4 is 15.7 Å². The molecule has 4 nitrogen and oxygen atoms in total. The van der Waals surface area contributed by atoms with Crippen molar-refractivity contribution in [3.05, 3.63) is 23.8 Å². The maximum absolute atomic E-state index is 13.1. The number of anilines is 1. The molecule has 0 saturated carbocycles. The van der Waals surface area contributed by atoms with Crippen molar-refractivity contribution in [1.29, 1.82) is 0 Å². The minimum absolute atomic E-state index is 0.0261. The van der Waals surface area contributed by atoms with E-state index in [4.69, 9.17) is 5.73 Å². The smallest absolute Gasteiger partial charge is 0.243 e. The molecule has 0 aliphatic carbocycles. The van der Waals surface area contributed by atoms with Crippen LogP contribution in [0.3, 0.4) is 0 Å². The summed E-state index contributed by atoms with van der Waals surface area (Å²) >= 11 is 0. The molecular weight excluding hydrogens is 284 g/mol. The van der Waals surface area contributed by atoms with E-state index in [9.17, 15) is 8.42 Å². The van der Waals surface area contributed by atoms with Crippen molar-refractivity contribution in [3.8, 4) is 0 Å². The minimum Gasteiger partial charge on any atom is -0.399 e. The van der Waals surface area contributed by atoms with Crippen LogP contribution >= 0.6 is 0 Å².